The third-order valence-corrected chi connectivity index (χ3v) is 16.2. The summed E-state index contributed by atoms with van der Waals surface area (Å²) in [7, 11) is -0.800. The quantitative estimate of drug-likeness (QED) is 0.117. The van der Waals surface area contributed by atoms with E-state index in [-0.39, 0.29) is 5.41 Å². The first-order chi connectivity index (χ1) is 28.0. The minimum Gasteiger partial charge on any atom is -0.0984 e. The molecule has 274 valence electrons. The fourth-order valence-electron chi connectivity index (χ4n) is 10.6. The van der Waals surface area contributed by atoms with E-state index >= 15 is 0 Å². The molecule has 11 rings (SSSR count). The van der Waals surface area contributed by atoms with Crippen molar-refractivity contribution in [2.45, 2.75) is 50.6 Å². The van der Waals surface area contributed by atoms with Gasteiger partial charge < -0.3 is 0 Å². The highest BCUT2D eigenvalue weighted by atomic mass is 31.1. The van der Waals surface area contributed by atoms with E-state index in [0.717, 1.165) is 25.7 Å². The van der Waals surface area contributed by atoms with Crippen molar-refractivity contribution in [3.05, 3.63) is 186 Å². The molecular weight excluding hydrogens is 704 g/mol. The van der Waals surface area contributed by atoms with Crippen molar-refractivity contribution in [2.24, 2.45) is 0 Å². The van der Waals surface area contributed by atoms with Gasteiger partial charge >= 0.3 is 0 Å². The Morgan fingerprint density at radius 3 is 2.12 bits per heavy atom. The van der Waals surface area contributed by atoms with Crippen LogP contribution in [0.25, 0.3) is 83.6 Å². The Kier molecular flexibility index (Phi) is 8.10. The number of fused-ring (bicyclic) bond motifs is 8. The van der Waals surface area contributed by atoms with Gasteiger partial charge in [-0.2, -0.15) is 0 Å². The van der Waals surface area contributed by atoms with Crippen molar-refractivity contribution >= 4 is 79.8 Å². The van der Waals surface area contributed by atoms with Gasteiger partial charge in [0, 0.05) is 11.1 Å². The summed E-state index contributed by atoms with van der Waals surface area (Å²) in [5, 5.41) is 13.8. The lowest BCUT2D eigenvalue weighted by molar-refractivity contribution is 0.503. The van der Waals surface area contributed by atoms with E-state index in [4.69, 9.17) is 0 Å². The van der Waals surface area contributed by atoms with E-state index in [0.29, 0.717) is 5.66 Å². The second kappa shape index (κ2) is 13.4. The number of hydrogen-bond acceptors (Lipinski definition) is 0. The van der Waals surface area contributed by atoms with Crippen LogP contribution in [0.1, 0.15) is 60.9 Å². The molecule has 0 N–H and O–H groups in total. The first-order valence-electron chi connectivity index (χ1n) is 20.6. The Morgan fingerprint density at radius 1 is 0.684 bits per heavy atom. The zero-order valence-electron chi connectivity index (χ0n) is 32.7. The Bertz CT molecular complexity index is 3030. The van der Waals surface area contributed by atoms with Gasteiger partial charge in [0.15, 0.2) is 0 Å². The van der Waals surface area contributed by atoms with E-state index in [2.05, 4.69) is 190 Å². The zero-order valence-corrected chi connectivity index (χ0v) is 33.6. The van der Waals surface area contributed by atoms with Gasteiger partial charge in [-0.25, -0.2) is 0 Å². The molecule has 8 aromatic rings. The molecule has 0 radical (unpaired) electrons. The van der Waals surface area contributed by atoms with Crippen LogP contribution in [0, 0.1) is 0 Å². The molecular formula is C56H45P. The lowest BCUT2D eigenvalue weighted by Crippen LogP contribution is -2.31. The SMILES string of the molecule is C=Cc1c(/C=C\C)cc(P(c2cc3ccccc3c3c2C=CCC3)C2C=C[C@@](C)(c3ccc4c5c(cccc35)-c3cc5ccccc5cc3-4)CC2)c2ccccc12. The monoisotopic (exact) mass is 748 g/mol. The number of benzene rings is 8. The molecule has 1 heteroatoms. The van der Waals surface area contributed by atoms with Gasteiger partial charge in [0.05, 0.1) is 0 Å². The van der Waals surface area contributed by atoms with Crippen LogP contribution in [0.4, 0.5) is 0 Å². The summed E-state index contributed by atoms with van der Waals surface area (Å²) in [5.41, 5.74) is 12.7. The third-order valence-electron chi connectivity index (χ3n) is 13.3. The summed E-state index contributed by atoms with van der Waals surface area (Å²) in [6, 6.07) is 48.7. The second-order valence-electron chi connectivity index (χ2n) is 16.5. The highest BCUT2D eigenvalue weighted by molar-refractivity contribution is 7.74. The van der Waals surface area contributed by atoms with Gasteiger partial charge in [0.25, 0.3) is 0 Å². The van der Waals surface area contributed by atoms with Crippen LogP contribution < -0.4 is 10.6 Å². The summed E-state index contributed by atoms with van der Waals surface area (Å²) in [5.74, 6) is 0. The third kappa shape index (κ3) is 5.31. The topological polar surface area (TPSA) is 0 Å². The molecule has 3 aliphatic rings. The number of rotatable bonds is 6. The molecule has 3 atom stereocenters. The van der Waals surface area contributed by atoms with Crippen molar-refractivity contribution in [1.29, 1.82) is 0 Å². The molecule has 0 saturated heterocycles. The van der Waals surface area contributed by atoms with Crippen molar-refractivity contribution in [3.63, 3.8) is 0 Å². The van der Waals surface area contributed by atoms with Crippen LogP contribution in [0.15, 0.2) is 158 Å². The fraction of sp³-hybridized carbons (Fsp3) is 0.143. The maximum Gasteiger partial charge on any atom is 0.0110 e. The molecule has 0 spiro atoms. The first kappa shape index (κ1) is 34.4. The van der Waals surface area contributed by atoms with Gasteiger partial charge in [-0.1, -0.05) is 159 Å². The predicted octanol–water partition coefficient (Wildman–Crippen LogP) is 14.7. The summed E-state index contributed by atoms with van der Waals surface area (Å²) in [6.45, 7) is 8.91. The Balaban J connectivity index is 1.09. The Labute approximate surface area is 337 Å². The maximum atomic E-state index is 4.29. The zero-order chi connectivity index (χ0) is 38.3. The smallest absolute Gasteiger partial charge is 0.0110 e. The first-order valence-corrected chi connectivity index (χ1v) is 22.1. The van der Waals surface area contributed by atoms with Crippen molar-refractivity contribution in [3.8, 4) is 22.3 Å². The van der Waals surface area contributed by atoms with E-state index in [1.54, 1.807) is 0 Å². The highest BCUT2D eigenvalue weighted by Gasteiger charge is 2.37. The molecule has 0 saturated carbocycles. The van der Waals surface area contributed by atoms with E-state index in [1.807, 2.05) is 0 Å². The normalized spacial score (nSPS) is 18.8. The minimum absolute atomic E-state index is 0.0816. The largest absolute Gasteiger partial charge is 0.0984 e. The molecule has 0 fully saturated rings. The summed E-state index contributed by atoms with van der Waals surface area (Å²) in [6.07, 6.45) is 21.0. The van der Waals surface area contributed by atoms with Crippen LogP contribution in [0.2, 0.25) is 0 Å². The average molecular weight is 749 g/mol. The van der Waals surface area contributed by atoms with Crippen LogP contribution in [-0.2, 0) is 11.8 Å². The number of hydrogen-bond donors (Lipinski definition) is 0. The fourth-order valence-corrected chi connectivity index (χ4v) is 13.7. The molecule has 0 nitrogen and oxygen atoms in total. The van der Waals surface area contributed by atoms with Gasteiger partial charge in [-0.3, -0.25) is 0 Å². The van der Waals surface area contributed by atoms with Gasteiger partial charge in [0.2, 0.25) is 0 Å². The molecule has 0 heterocycles. The van der Waals surface area contributed by atoms with E-state index in [9.17, 15) is 0 Å². The lowest BCUT2D eigenvalue weighted by atomic mass is 9.73. The second-order valence-corrected chi connectivity index (χ2v) is 18.9. The van der Waals surface area contributed by atoms with Crippen LogP contribution in [-0.4, -0.2) is 5.66 Å². The molecule has 8 aromatic carbocycles. The van der Waals surface area contributed by atoms with Crippen molar-refractivity contribution < 1.29 is 0 Å². The minimum atomic E-state index is -0.800. The van der Waals surface area contributed by atoms with Crippen LogP contribution in [0.5, 0.6) is 0 Å². The van der Waals surface area contributed by atoms with Crippen LogP contribution >= 0.6 is 7.92 Å². The number of aryl methyl sites for hydroxylation is 1. The molecule has 57 heavy (non-hydrogen) atoms. The van der Waals surface area contributed by atoms with Crippen molar-refractivity contribution in [2.75, 3.05) is 0 Å². The standard InChI is InChI=1S/C56H45P/c1-4-15-38-34-53(45-22-12-10-20-43(45)41(38)5-2)57(54-35-39-18-8-9-19-42(39)44-21-11-13-23-46(44)54)40-28-30-56(3,31-29-40)52-27-26-48-51-33-37-17-7-6-16-36(37)32-50(51)47-24-14-25-49(52)55(47)48/h4-10,12-20,22-28,30,32-35,40H,2,11,21,29,31H2,1,3H3/b15-4-/t40?,56-,57?/m1/s1. The maximum absolute atomic E-state index is 4.29. The number of allylic oxidation sites excluding steroid dienone is 4. The van der Waals surface area contributed by atoms with Crippen LogP contribution in [0.3, 0.4) is 0 Å². The average Bonchev–Trinajstić information content (AvgIpc) is 3.57. The van der Waals surface area contributed by atoms with Crippen molar-refractivity contribution in [1.82, 2.24) is 0 Å². The molecule has 0 amide bonds. The van der Waals surface area contributed by atoms with Gasteiger partial charge in [-0.05, 0) is 169 Å². The van der Waals surface area contributed by atoms with E-state index < -0.39 is 7.92 Å². The summed E-state index contributed by atoms with van der Waals surface area (Å²) < 4.78 is 0. The highest BCUT2D eigenvalue weighted by Crippen LogP contribution is 2.54. The molecule has 0 aromatic heterocycles. The molecule has 0 bridgehead atoms. The molecule has 0 aliphatic heterocycles. The Hall–Kier alpha value is -5.81. The predicted molar refractivity (Wildman–Crippen MR) is 252 cm³/mol. The lowest BCUT2D eigenvalue weighted by Gasteiger charge is -2.38. The van der Waals surface area contributed by atoms with Gasteiger partial charge in [0.1, 0.15) is 0 Å². The Morgan fingerprint density at radius 2 is 1.39 bits per heavy atom. The summed E-state index contributed by atoms with van der Waals surface area (Å²) >= 11 is 0. The summed E-state index contributed by atoms with van der Waals surface area (Å²) in [4.78, 5) is 0. The molecule has 3 aliphatic carbocycles. The van der Waals surface area contributed by atoms with Gasteiger partial charge in [-0.15, -0.1) is 0 Å². The van der Waals surface area contributed by atoms with E-state index in [1.165, 1.54) is 104 Å². The molecule has 2 unspecified atom stereocenters.